The van der Waals surface area contributed by atoms with E-state index in [1.54, 1.807) is 11.3 Å². The van der Waals surface area contributed by atoms with Crippen LogP contribution in [-0.4, -0.2) is 4.98 Å². The quantitative estimate of drug-likeness (QED) is 0.760. The molecule has 1 unspecified atom stereocenters. The van der Waals surface area contributed by atoms with Crippen LogP contribution >= 0.6 is 11.3 Å². The van der Waals surface area contributed by atoms with Crippen LogP contribution in [0.1, 0.15) is 25.8 Å². The maximum Gasteiger partial charge on any atom is 0.0833 e. The van der Waals surface area contributed by atoms with Gasteiger partial charge in [-0.05, 0) is 35.4 Å². The number of hydrogen-bond acceptors (Lipinski definition) is 2. The molecule has 0 spiro atoms. The van der Waals surface area contributed by atoms with Gasteiger partial charge in [-0.25, -0.2) is 0 Å². The molecule has 0 bridgehead atoms. The van der Waals surface area contributed by atoms with E-state index in [9.17, 15) is 0 Å². The predicted molar refractivity (Wildman–Crippen MR) is 70.7 cm³/mol. The molecule has 0 amide bonds. The second-order valence-corrected chi connectivity index (χ2v) is 5.15. The molecule has 0 aromatic carbocycles. The molecule has 16 heavy (non-hydrogen) atoms. The van der Waals surface area contributed by atoms with E-state index in [0.29, 0.717) is 0 Å². The van der Waals surface area contributed by atoms with E-state index in [2.05, 4.69) is 42.4 Å². The lowest BCUT2D eigenvalue weighted by Gasteiger charge is -2.11. The Morgan fingerprint density at radius 1 is 1.31 bits per heavy atom. The fourth-order valence-electron chi connectivity index (χ4n) is 1.76. The molecular formula is C14H17NS. The summed E-state index contributed by atoms with van der Waals surface area (Å²) in [5.74, 6) is 0.725. The number of thiophene rings is 1. The van der Waals surface area contributed by atoms with Crippen molar-refractivity contribution in [3.8, 4) is 10.6 Å². The summed E-state index contributed by atoms with van der Waals surface area (Å²) >= 11 is 1.76. The summed E-state index contributed by atoms with van der Waals surface area (Å²) in [6, 6.07) is 8.47. The maximum absolute atomic E-state index is 4.52. The number of aromatic nitrogens is 1. The summed E-state index contributed by atoms with van der Waals surface area (Å²) in [6.07, 6.45) is 4.23. The summed E-state index contributed by atoms with van der Waals surface area (Å²) in [5.41, 5.74) is 2.54. The average Bonchev–Trinajstić information content (AvgIpc) is 2.83. The Bertz CT molecular complexity index is 434. The topological polar surface area (TPSA) is 12.9 Å². The Kier molecular flexibility index (Phi) is 3.73. The molecule has 2 aromatic rings. The Morgan fingerprint density at radius 2 is 2.19 bits per heavy atom. The van der Waals surface area contributed by atoms with Crippen LogP contribution in [0.2, 0.25) is 0 Å². The zero-order valence-corrected chi connectivity index (χ0v) is 10.6. The van der Waals surface area contributed by atoms with E-state index in [1.807, 2.05) is 12.3 Å². The number of nitrogens with zero attached hydrogens (tertiary/aromatic N) is 1. The second-order valence-electron chi connectivity index (χ2n) is 4.21. The normalized spacial score (nSPS) is 12.6. The van der Waals surface area contributed by atoms with Gasteiger partial charge in [-0.1, -0.05) is 32.4 Å². The fourth-order valence-corrected chi connectivity index (χ4v) is 2.51. The zero-order valence-electron chi connectivity index (χ0n) is 9.81. The molecule has 0 aliphatic carbocycles. The molecule has 0 saturated carbocycles. The first-order chi connectivity index (χ1) is 7.81. The average molecular weight is 231 g/mol. The van der Waals surface area contributed by atoms with Gasteiger partial charge >= 0.3 is 0 Å². The lowest BCUT2D eigenvalue weighted by atomic mass is 9.97. The minimum absolute atomic E-state index is 0.725. The van der Waals surface area contributed by atoms with E-state index in [4.69, 9.17) is 0 Å². The Morgan fingerprint density at radius 3 is 2.88 bits per heavy atom. The summed E-state index contributed by atoms with van der Waals surface area (Å²) in [5, 5.41) is 2.11. The van der Waals surface area contributed by atoms with Gasteiger partial charge in [-0.15, -0.1) is 11.3 Å². The van der Waals surface area contributed by atoms with Gasteiger partial charge in [0.1, 0.15) is 0 Å². The largest absolute Gasteiger partial charge is 0.255 e. The first kappa shape index (κ1) is 11.3. The molecule has 0 aliphatic rings. The number of hydrogen-bond donors (Lipinski definition) is 0. The molecule has 2 heteroatoms. The molecule has 84 valence electrons. The van der Waals surface area contributed by atoms with E-state index >= 15 is 0 Å². The van der Waals surface area contributed by atoms with Crippen molar-refractivity contribution >= 4 is 11.3 Å². The van der Waals surface area contributed by atoms with Gasteiger partial charge in [0, 0.05) is 6.20 Å². The van der Waals surface area contributed by atoms with Gasteiger partial charge in [0.15, 0.2) is 0 Å². The summed E-state index contributed by atoms with van der Waals surface area (Å²) in [6.45, 7) is 4.54. The van der Waals surface area contributed by atoms with Gasteiger partial charge < -0.3 is 0 Å². The molecule has 2 aromatic heterocycles. The molecule has 0 fully saturated rings. The highest BCUT2D eigenvalue weighted by atomic mass is 32.1. The molecule has 2 rings (SSSR count). The van der Waals surface area contributed by atoms with Crippen molar-refractivity contribution in [3.05, 3.63) is 41.4 Å². The first-order valence-electron chi connectivity index (χ1n) is 5.79. The Balaban J connectivity index is 2.31. The summed E-state index contributed by atoms with van der Waals surface area (Å²) in [4.78, 5) is 5.80. The summed E-state index contributed by atoms with van der Waals surface area (Å²) < 4.78 is 0. The highest BCUT2D eigenvalue weighted by Crippen LogP contribution is 2.27. The van der Waals surface area contributed by atoms with Crippen LogP contribution in [0.25, 0.3) is 10.6 Å². The van der Waals surface area contributed by atoms with Crippen LogP contribution in [0.15, 0.2) is 35.8 Å². The molecular weight excluding hydrogens is 214 g/mol. The number of rotatable bonds is 4. The fraction of sp³-hybridized carbons (Fsp3) is 0.357. The van der Waals surface area contributed by atoms with Crippen LogP contribution < -0.4 is 0 Å². The van der Waals surface area contributed by atoms with Crippen molar-refractivity contribution in [3.63, 3.8) is 0 Å². The van der Waals surface area contributed by atoms with Crippen molar-refractivity contribution in [2.24, 2.45) is 5.92 Å². The van der Waals surface area contributed by atoms with E-state index < -0.39 is 0 Å². The first-order valence-corrected chi connectivity index (χ1v) is 6.67. The number of pyridine rings is 1. The monoisotopic (exact) mass is 231 g/mol. The third kappa shape index (κ3) is 2.50. The lowest BCUT2D eigenvalue weighted by molar-refractivity contribution is 0.560. The SMILES string of the molecule is CCC(C)Cc1cccnc1-c1cccs1. The van der Waals surface area contributed by atoms with Gasteiger partial charge in [0.25, 0.3) is 0 Å². The third-order valence-corrected chi connectivity index (χ3v) is 3.79. The van der Waals surface area contributed by atoms with E-state index in [1.165, 1.54) is 16.9 Å². The maximum atomic E-state index is 4.52. The third-order valence-electron chi connectivity index (χ3n) is 2.91. The van der Waals surface area contributed by atoms with Crippen LogP contribution in [0.3, 0.4) is 0 Å². The molecule has 1 atom stereocenters. The van der Waals surface area contributed by atoms with E-state index in [-0.39, 0.29) is 0 Å². The molecule has 1 nitrogen and oxygen atoms in total. The predicted octanol–water partition coefficient (Wildman–Crippen LogP) is 4.40. The van der Waals surface area contributed by atoms with Gasteiger partial charge in [0.2, 0.25) is 0 Å². The van der Waals surface area contributed by atoms with Gasteiger partial charge in [-0.2, -0.15) is 0 Å². The molecule has 2 heterocycles. The second kappa shape index (κ2) is 5.26. The van der Waals surface area contributed by atoms with Crippen molar-refractivity contribution in [1.82, 2.24) is 4.98 Å². The highest BCUT2D eigenvalue weighted by Gasteiger charge is 2.09. The lowest BCUT2D eigenvalue weighted by Crippen LogP contribution is -2.00. The van der Waals surface area contributed by atoms with Gasteiger partial charge in [-0.3, -0.25) is 4.98 Å². The van der Waals surface area contributed by atoms with Crippen molar-refractivity contribution in [1.29, 1.82) is 0 Å². The van der Waals surface area contributed by atoms with Gasteiger partial charge in [0.05, 0.1) is 10.6 Å². The van der Waals surface area contributed by atoms with Crippen LogP contribution in [-0.2, 0) is 6.42 Å². The Labute approximate surface area is 101 Å². The summed E-state index contributed by atoms with van der Waals surface area (Å²) in [7, 11) is 0. The minimum atomic E-state index is 0.725. The highest BCUT2D eigenvalue weighted by molar-refractivity contribution is 7.13. The smallest absolute Gasteiger partial charge is 0.0833 e. The molecule has 0 radical (unpaired) electrons. The van der Waals surface area contributed by atoms with Crippen molar-refractivity contribution in [2.45, 2.75) is 26.7 Å². The minimum Gasteiger partial charge on any atom is -0.255 e. The van der Waals surface area contributed by atoms with E-state index in [0.717, 1.165) is 18.0 Å². The van der Waals surface area contributed by atoms with Crippen LogP contribution in [0.4, 0.5) is 0 Å². The van der Waals surface area contributed by atoms with Crippen molar-refractivity contribution in [2.75, 3.05) is 0 Å². The van der Waals surface area contributed by atoms with Crippen LogP contribution in [0, 0.1) is 5.92 Å². The standard InChI is InChI=1S/C14H17NS/c1-3-11(2)10-12-6-4-8-15-14(12)13-7-5-9-16-13/h4-9,11H,3,10H2,1-2H3. The zero-order chi connectivity index (χ0) is 11.4. The Hall–Kier alpha value is -1.15. The van der Waals surface area contributed by atoms with Crippen LogP contribution in [0.5, 0.6) is 0 Å². The molecule has 0 aliphatic heterocycles. The molecule has 0 N–H and O–H groups in total. The molecule has 0 saturated heterocycles. The van der Waals surface area contributed by atoms with Crippen molar-refractivity contribution < 1.29 is 0 Å².